The molecule has 0 aliphatic rings. The number of hydrogen-bond donors (Lipinski definition) is 1. The molecule has 1 N–H and O–H groups in total. The van der Waals surface area contributed by atoms with E-state index >= 15 is 0 Å². The Balaban J connectivity index is 1.98. The average molecular weight is 495 g/mol. The molecule has 0 spiro atoms. The predicted octanol–water partition coefficient (Wildman–Crippen LogP) is 4.84. The van der Waals surface area contributed by atoms with Crippen LogP contribution in [0, 0.1) is 0 Å². The van der Waals surface area contributed by atoms with Gasteiger partial charge in [0.05, 0.1) is 40.5 Å². The molecule has 10 heteroatoms. The Morgan fingerprint density at radius 1 is 0.938 bits per heavy atom. The van der Waals surface area contributed by atoms with Gasteiger partial charge in [-0.3, -0.25) is 9.10 Å². The molecular formula is C22H20Cl2N2O5S. The Morgan fingerprint density at radius 2 is 1.66 bits per heavy atom. The number of benzene rings is 3. The van der Waals surface area contributed by atoms with E-state index in [1.54, 1.807) is 36.4 Å². The van der Waals surface area contributed by atoms with Gasteiger partial charge in [-0.05, 0) is 42.5 Å². The van der Waals surface area contributed by atoms with Crippen molar-refractivity contribution < 1.29 is 22.7 Å². The molecule has 0 bridgehead atoms. The standard InChI is InChI=1S/C22H20Cl2N2O5S/c1-30-16-9-11-21(31-2)20(13-16)25-22(27)14-26(15-8-10-18(23)19(24)12-15)32(28,29)17-6-4-3-5-7-17/h3-13H,14H2,1-2H3,(H,25,27). The summed E-state index contributed by atoms with van der Waals surface area (Å²) in [6.45, 7) is -0.518. The van der Waals surface area contributed by atoms with Gasteiger partial charge in [0.2, 0.25) is 5.91 Å². The van der Waals surface area contributed by atoms with Crippen LogP contribution in [-0.2, 0) is 14.8 Å². The van der Waals surface area contributed by atoms with Gasteiger partial charge in [-0.15, -0.1) is 0 Å². The summed E-state index contributed by atoms with van der Waals surface area (Å²) in [5, 5.41) is 3.10. The van der Waals surface area contributed by atoms with Crippen molar-refractivity contribution in [2.75, 3.05) is 30.4 Å². The number of hydrogen-bond acceptors (Lipinski definition) is 5. The molecular weight excluding hydrogens is 475 g/mol. The second-order valence-electron chi connectivity index (χ2n) is 6.54. The Kier molecular flexibility index (Phi) is 7.50. The molecule has 0 saturated heterocycles. The number of carbonyl (C=O) groups excluding carboxylic acids is 1. The zero-order valence-corrected chi connectivity index (χ0v) is 19.5. The first-order valence-electron chi connectivity index (χ1n) is 9.31. The molecule has 3 aromatic carbocycles. The summed E-state index contributed by atoms with van der Waals surface area (Å²) in [6, 6.07) is 17.0. The highest BCUT2D eigenvalue weighted by atomic mass is 35.5. The second kappa shape index (κ2) is 10.1. The van der Waals surface area contributed by atoms with Crippen molar-refractivity contribution in [3.05, 3.63) is 76.8 Å². The smallest absolute Gasteiger partial charge is 0.264 e. The third-order valence-electron chi connectivity index (χ3n) is 4.49. The van der Waals surface area contributed by atoms with Crippen molar-refractivity contribution >= 4 is 50.5 Å². The molecule has 3 rings (SSSR count). The van der Waals surface area contributed by atoms with Crippen molar-refractivity contribution in [3.8, 4) is 11.5 Å². The van der Waals surface area contributed by atoms with Gasteiger partial charge < -0.3 is 14.8 Å². The lowest BCUT2D eigenvalue weighted by Crippen LogP contribution is -2.38. The molecule has 0 radical (unpaired) electrons. The number of sulfonamides is 1. The van der Waals surface area contributed by atoms with Crippen LogP contribution in [0.2, 0.25) is 10.0 Å². The number of halogens is 2. The highest BCUT2D eigenvalue weighted by molar-refractivity contribution is 7.92. The fourth-order valence-corrected chi connectivity index (χ4v) is 4.63. The van der Waals surface area contributed by atoms with Crippen LogP contribution in [0.5, 0.6) is 11.5 Å². The first-order valence-corrected chi connectivity index (χ1v) is 11.5. The Bertz CT molecular complexity index is 1220. The molecule has 3 aromatic rings. The van der Waals surface area contributed by atoms with Gasteiger partial charge >= 0.3 is 0 Å². The van der Waals surface area contributed by atoms with Gasteiger partial charge in [-0.25, -0.2) is 8.42 Å². The Morgan fingerprint density at radius 3 is 2.28 bits per heavy atom. The van der Waals surface area contributed by atoms with Crippen molar-refractivity contribution in [3.63, 3.8) is 0 Å². The first kappa shape index (κ1) is 23.7. The Labute approximate surface area is 196 Å². The van der Waals surface area contributed by atoms with Crippen LogP contribution in [0.3, 0.4) is 0 Å². The highest BCUT2D eigenvalue weighted by Gasteiger charge is 2.28. The zero-order chi connectivity index (χ0) is 23.3. The lowest BCUT2D eigenvalue weighted by Gasteiger charge is -2.24. The van der Waals surface area contributed by atoms with Gasteiger partial charge in [0.15, 0.2) is 0 Å². The highest BCUT2D eigenvalue weighted by Crippen LogP contribution is 2.32. The molecule has 0 aliphatic heterocycles. The summed E-state index contributed by atoms with van der Waals surface area (Å²) in [6.07, 6.45) is 0. The quantitative estimate of drug-likeness (QED) is 0.483. The van der Waals surface area contributed by atoms with Crippen LogP contribution in [-0.4, -0.2) is 35.1 Å². The van der Waals surface area contributed by atoms with Crippen LogP contribution in [0.4, 0.5) is 11.4 Å². The number of carbonyl (C=O) groups is 1. The van der Waals surface area contributed by atoms with Crippen LogP contribution < -0.4 is 19.1 Å². The zero-order valence-electron chi connectivity index (χ0n) is 17.2. The molecule has 0 aromatic heterocycles. The molecule has 0 atom stereocenters. The molecule has 0 aliphatic carbocycles. The number of nitrogens with one attached hydrogen (secondary N) is 1. The first-order chi connectivity index (χ1) is 15.3. The minimum Gasteiger partial charge on any atom is -0.497 e. The van der Waals surface area contributed by atoms with Crippen LogP contribution in [0.1, 0.15) is 0 Å². The summed E-state index contributed by atoms with van der Waals surface area (Å²) >= 11 is 12.1. The van der Waals surface area contributed by atoms with E-state index in [2.05, 4.69) is 5.32 Å². The summed E-state index contributed by atoms with van der Waals surface area (Å²) < 4.78 is 38.1. The van der Waals surface area contributed by atoms with E-state index in [9.17, 15) is 13.2 Å². The maximum atomic E-state index is 13.4. The summed E-state index contributed by atoms with van der Waals surface area (Å²) in [5.74, 6) is 0.299. The number of ether oxygens (including phenoxy) is 2. The lowest BCUT2D eigenvalue weighted by molar-refractivity contribution is -0.114. The van der Waals surface area contributed by atoms with Crippen molar-refractivity contribution in [1.82, 2.24) is 0 Å². The molecule has 168 valence electrons. The van der Waals surface area contributed by atoms with E-state index in [-0.39, 0.29) is 20.6 Å². The van der Waals surface area contributed by atoms with E-state index in [0.717, 1.165) is 4.31 Å². The van der Waals surface area contributed by atoms with Crippen LogP contribution >= 0.6 is 23.2 Å². The predicted molar refractivity (Wildman–Crippen MR) is 126 cm³/mol. The van der Waals surface area contributed by atoms with Crippen molar-refractivity contribution in [2.45, 2.75) is 4.90 Å². The molecule has 0 heterocycles. The van der Waals surface area contributed by atoms with Crippen LogP contribution in [0.15, 0.2) is 71.6 Å². The Hall–Kier alpha value is -2.94. The molecule has 0 saturated carbocycles. The average Bonchev–Trinajstić information content (AvgIpc) is 2.79. The summed E-state index contributed by atoms with van der Waals surface area (Å²) in [5.41, 5.74) is 0.527. The third kappa shape index (κ3) is 5.27. The molecule has 0 unspecified atom stereocenters. The van der Waals surface area contributed by atoms with E-state index in [4.69, 9.17) is 32.7 Å². The van der Waals surface area contributed by atoms with Gasteiger partial charge in [0, 0.05) is 6.07 Å². The maximum absolute atomic E-state index is 13.4. The topological polar surface area (TPSA) is 84.9 Å². The van der Waals surface area contributed by atoms with Crippen LogP contribution in [0.25, 0.3) is 0 Å². The SMILES string of the molecule is COc1ccc(OC)c(NC(=O)CN(c2ccc(Cl)c(Cl)c2)S(=O)(=O)c2ccccc2)c1. The summed E-state index contributed by atoms with van der Waals surface area (Å²) in [7, 11) is -1.14. The number of methoxy groups -OCH3 is 2. The number of amides is 1. The second-order valence-corrected chi connectivity index (χ2v) is 9.21. The minimum absolute atomic E-state index is 0.0258. The number of anilines is 2. The van der Waals surface area contributed by atoms with Crippen molar-refractivity contribution in [2.24, 2.45) is 0 Å². The fraction of sp³-hybridized carbons (Fsp3) is 0.136. The van der Waals surface area contributed by atoms with E-state index in [1.165, 1.54) is 44.6 Å². The van der Waals surface area contributed by atoms with Crippen molar-refractivity contribution in [1.29, 1.82) is 0 Å². The monoisotopic (exact) mass is 494 g/mol. The van der Waals surface area contributed by atoms with Gasteiger partial charge in [-0.1, -0.05) is 41.4 Å². The number of nitrogens with zero attached hydrogens (tertiary/aromatic N) is 1. The number of rotatable bonds is 8. The minimum atomic E-state index is -4.08. The summed E-state index contributed by atoms with van der Waals surface area (Å²) in [4.78, 5) is 12.9. The molecule has 32 heavy (non-hydrogen) atoms. The normalized spacial score (nSPS) is 11.0. The van der Waals surface area contributed by atoms with Gasteiger partial charge in [0.1, 0.15) is 18.0 Å². The molecule has 1 amide bonds. The largest absolute Gasteiger partial charge is 0.497 e. The van der Waals surface area contributed by atoms with Gasteiger partial charge in [-0.2, -0.15) is 0 Å². The van der Waals surface area contributed by atoms with Gasteiger partial charge in [0.25, 0.3) is 10.0 Å². The fourth-order valence-electron chi connectivity index (χ4n) is 2.91. The third-order valence-corrected chi connectivity index (χ3v) is 7.02. The van der Waals surface area contributed by atoms with E-state index in [1.807, 2.05) is 0 Å². The molecule has 7 nitrogen and oxygen atoms in total. The maximum Gasteiger partial charge on any atom is 0.264 e. The molecule has 0 fully saturated rings. The lowest BCUT2D eigenvalue weighted by atomic mass is 10.2. The van der Waals surface area contributed by atoms with E-state index < -0.39 is 22.5 Å². The van der Waals surface area contributed by atoms with E-state index in [0.29, 0.717) is 17.2 Å².